The van der Waals surface area contributed by atoms with Gasteiger partial charge in [0.25, 0.3) is 6.47 Å². The van der Waals surface area contributed by atoms with Crippen molar-refractivity contribution in [2.45, 2.75) is 50.5 Å². The average molecular weight is 624 g/mol. The van der Waals surface area contributed by atoms with E-state index in [1.165, 1.54) is 11.1 Å². The van der Waals surface area contributed by atoms with Crippen LogP contribution in [0.5, 0.6) is 0 Å². The van der Waals surface area contributed by atoms with Crippen molar-refractivity contribution < 1.29 is 29.2 Å². The molecule has 4 aromatic rings. The van der Waals surface area contributed by atoms with E-state index >= 15 is 0 Å². The van der Waals surface area contributed by atoms with Gasteiger partial charge in [-0.25, -0.2) is 4.98 Å². The van der Waals surface area contributed by atoms with Crippen LogP contribution in [0.1, 0.15) is 30.6 Å². The fourth-order valence-electron chi connectivity index (χ4n) is 5.49. The Labute approximate surface area is 258 Å². The number of fused-ring (bicyclic) bond motifs is 1. The van der Waals surface area contributed by atoms with Crippen molar-refractivity contribution in [3.8, 4) is 0 Å². The topological polar surface area (TPSA) is 200 Å². The predicted octanol–water partition coefficient (Wildman–Crippen LogP) is -0.235. The number of imidazole rings is 1. The monoisotopic (exact) mass is 623 g/mol. The number of rotatable bonds is 14. The quantitative estimate of drug-likeness (QED) is 0.134. The van der Waals surface area contributed by atoms with E-state index in [4.69, 9.17) is 24.2 Å². The first-order chi connectivity index (χ1) is 22.1. The predicted molar refractivity (Wildman–Crippen MR) is 159 cm³/mol. The zero-order chi connectivity index (χ0) is 31.2. The van der Waals surface area contributed by atoms with Gasteiger partial charge in [0.15, 0.2) is 35.4 Å². The fourth-order valence-corrected chi connectivity index (χ4v) is 5.49. The standard InChI is InChI=1S/C28H37N11O6/c1-2-39-35-25(34-36-39)23-22(44-17-41)21(42)27(45-23)38-16-30-20-24(31-19(15-40)14-18-6-4-3-5-7-18)32-28(33-26(20)38)29-8-9-37-10-12-43-13-11-37/h3-7,16-17,19,21-23,27,40,42H,2,8-15H2,1H3,(H2,29,31,32,33)/t19-,21+,22-,23-,27+/m0/s1. The van der Waals surface area contributed by atoms with Crippen LogP contribution in [0.3, 0.4) is 0 Å². The lowest BCUT2D eigenvalue weighted by molar-refractivity contribution is -0.140. The maximum absolute atomic E-state index is 11.4. The number of ether oxygens (including phenoxy) is 3. The molecule has 2 aliphatic rings. The van der Waals surface area contributed by atoms with Crippen molar-refractivity contribution in [3.05, 3.63) is 48.0 Å². The van der Waals surface area contributed by atoms with E-state index in [-0.39, 0.29) is 24.9 Å². The molecule has 2 aliphatic heterocycles. The van der Waals surface area contributed by atoms with Crippen LogP contribution in [0.15, 0.2) is 36.7 Å². The van der Waals surface area contributed by atoms with Gasteiger partial charge in [-0.15, -0.1) is 10.2 Å². The van der Waals surface area contributed by atoms with E-state index in [0.29, 0.717) is 55.7 Å². The smallest absolute Gasteiger partial charge is 0.293 e. The van der Waals surface area contributed by atoms with E-state index in [1.54, 1.807) is 4.57 Å². The number of aromatic nitrogens is 8. The SMILES string of the molecule is CCn1nnc([C@H]2O[C@@H](n3cnc4c(N[C@H](CO)Cc5ccccc5)nc(NCCN5CCOCC5)nc43)[C@H](O)[C@@H]2OC=O)n1. The van der Waals surface area contributed by atoms with Crippen molar-refractivity contribution in [1.82, 2.24) is 44.6 Å². The minimum Gasteiger partial charge on any atom is -0.458 e. The maximum atomic E-state index is 11.4. The number of nitrogens with one attached hydrogen (secondary N) is 2. The molecule has 0 unspecified atom stereocenters. The van der Waals surface area contributed by atoms with E-state index < -0.39 is 24.5 Å². The van der Waals surface area contributed by atoms with Gasteiger partial charge in [0, 0.05) is 26.2 Å². The van der Waals surface area contributed by atoms with Gasteiger partial charge in [0.1, 0.15) is 6.10 Å². The highest BCUT2D eigenvalue weighted by Gasteiger charge is 2.49. The lowest BCUT2D eigenvalue weighted by Crippen LogP contribution is -2.39. The number of hydrogen-bond donors (Lipinski definition) is 4. The molecular formula is C28H37N11O6. The van der Waals surface area contributed by atoms with Crippen LogP contribution >= 0.6 is 0 Å². The van der Waals surface area contributed by atoms with Crippen molar-refractivity contribution >= 4 is 29.4 Å². The Bertz CT molecular complexity index is 1550. The summed E-state index contributed by atoms with van der Waals surface area (Å²) in [4.78, 5) is 29.1. The zero-order valence-electron chi connectivity index (χ0n) is 24.8. The molecule has 6 rings (SSSR count). The molecule has 2 fully saturated rings. The number of carbonyl (C=O) groups is 1. The van der Waals surface area contributed by atoms with Crippen LogP contribution in [0, 0.1) is 0 Å². The number of tetrazole rings is 1. The molecule has 0 amide bonds. The Morgan fingerprint density at radius 3 is 2.76 bits per heavy atom. The summed E-state index contributed by atoms with van der Waals surface area (Å²) in [5.74, 6) is 0.900. The van der Waals surface area contributed by atoms with E-state index in [2.05, 4.69) is 35.9 Å². The molecule has 5 atom stereocenters. The molecule has 0 radical (unpaired) electrons. The van der Waals surface area contributed by atoms with Crippen LogP contribution in [-0.2, 0) is 32.0 Å². The first kappa shape index (κ1) is 30.7. The molecule has 1 aromatic carbocycles. The second-order valence-corrected chi connectivity index (χ2v) is 10.8. The summed E-state index contributed by atoms with van der Waals surface area (Å²) in [5.41, 5.74) is 1.81. The van der Waals surface area contributed by atoms with Crippen molar-refractivity contribution in [2.75, 3.05) is 56.6 Å². The number of anilines is 2. The summed E-state index contributed by atoms with van der Waals surface area (Å²) in [6, 6.07) is 9.46. The molecule has 4 N–H and O–H groups in total. The molecule has 17 heteroatoms. The summed E-state index contributed by atoms with van der Waals surface area (Å²) in [7, 11) is 0. The summed E-state index contributed by atoms with van der Waals surface area (Å²) < 4.78 is 18.5. The van der Waals surface area contributed by atoms with E-state index in [9.17, 15) is 15.0 Å². The van der Waals surface area contributed by atoms with Gasteiger partial charge in [-0.3, -0.25) is 14.3 Å². The third-order valence-corrected chi connectivity index (χ3v) is 7.83. The molecule has 2 saturated heterocycles. The third kappa shape index (κ3) is 6.86. The van der Waals surface area contributed by atoms with Crippen molar-refractivity contribution in [3.63, 3.8) is 0 Å². The Kier molecular flexibility index (Phi) is 9.70. The highest BCUT2D eigenvalue weighted by Crippen LogP contribution is 2.40. The highest BCUT2D eigenvalue weighted by atomic mass is 16.6. The molecule has 0 spiro atoms. The minimum atomic E-state index is -1.31. The van der Waals surface area contributed by atoms with Gasteiger partial charge in [0.05, 0.1) is 38.7 Å². The second-order valence-electron chi connectivity index (χ2n) is 10.8. The average Bonchev–Trinajstić information content (AvgIpc) is 3.80. The Morgan fingerprint density at radius 2 is 2.02 bits per heavy atom. The Hall–Kier alpha value is -4.29. The first-order valence-corrected chi connectivity index (χ1v) is 15.0. The van der Waals surface area contributed by atoms with Gasteiger partial charge in [-0.05, 0) is 24.1 Å². The lowest BCUT2D eigenvalue weighted by Gasteiger charge is -2.26. The van der Waals surface area contributed by atoms with Crippen molar-refractivity contribution in [1.29, 1.82) is 0 Å². The van der Waals surface area contributed by atoms with E-state index in [0.717, 1.165) is 25.2 Å². The fraction of sp³-hybridized carbons (Fsp3) is 0.536. The highest BCUT2D eigenvalue weighted by molar-refractivity contribution is 5.84. The van der Waals surface area contributed by atoms with Gasteiger partial charge < -0.3 is 35.1 Å². The number of aliphatic hydroxyl groups excluding tert-OH is 2. The molecule has 240 valence electrons. The normalized spacial score (nSPS) is 22.8. The molecule has 17 nitrogen and oxygen atoms in total. The number of nitrogens with zero attached hydrogens (tertiary/aromatic N) is 9. The summed E-state index contributed by atoms with van der Waals surface area (Å²) in [6.07, 6.45) is -2.42. The van der Waals surface area contributed by atoms with Gasteiger partial charge in [0.2, 0.25) is 11.8 Å². The number of aryl methyl sites for hydroxylation is 1. The van der Waals surface area contributed by atoms with E-state index in [1.807, 2.05) is 37.3 Å². The number of benzene rings is 1. The van der Waals surface area contributed by atoms with Gasteiger partial charge >= 0.3 is 0 Å². The molecule has 0 saturated carbocycles. The number of hydrogen-bond acceptors (Lipinski definition) is 15. The summed E-state index contributed by atoms with van der Waals surface area (Å²) in [6.45, 7) is 6.87. The maximum Gasteiger partial charge on any atom is 0.293 e. The van der Waals surface area contributed by atoms with Crippen LogP contribution in [0.4, 0.5) is 11.8 Å². The third-order valence-electron chi connectivity index (χ3n) is 7.83. The van der Waals surface area contributed by atoms with Crippen LogP contribution in [0.25, 0.3) is 11.2 Å². The number of aliphatic hydroxyl groups is 2. The zero-order valence-corrected chi connectivity index (χ0v) is 24.8. The molecule has 3 aromatic heterocycles. The Balaban J connectivity index is 1.31. The molecular weight excluding hydrogens is 586 g/mol. The molecule has 0 aliphatic carbocycles. The molecule has 0 bridgehead atoms. The summed E-state index contributed by atoms with van der Waals surface area (Å²) in [5, 5.41) is 40.5. The number of carbonyl (C=O) groups excluding carboxylic acids is 1. The van der Waals surface area contributed by atoms with Crippen LogP contribution in [-0.4, -0.2) is 126 Å². The second kappa shape index (κ2) is 14.2. The van der Waals surface area contributed by atoms with Crippen molar-refractivity contribution in [2.24, 2.45) is 0 Å². The first-order valence-electron chi connectivity index (χ1n) is 15.0. The minimum absolute atomic E-state index is 0.150. The molecule has 5 heterocycles. The largest absolute Gasteiger partial charge is 0.458 e. The number of morpholine rings is 1. The summed E-state index contributed by atoms with van der Waals surface area (Å²) >= 11 is 0. The Morgan fingerprint density at radius 1 is 1.20 bits per heavy atom. The van der Waals surface area contributed by atoms with Crippen LogP contribution < -0.4 is 10.6 Å². The van der Waals surface area contributed by atoms with Gasteiger partial charge in [-0.2, -0.15) is 14.8 Å². The molecule has 45 heavy (non-hydrogen) atoms. The lowest BCUT2D eigenvalue weighted by atomic mass is 10.1. The van der Waals surface area contributed by atoms with Crippen LogP contribution in [0.2, 0.25) is 0 Å². The van der Waals surface area contributed by atoms with Gasteiger partial charge in [-0.1, -0.05) is 30.3 Å².